The number of likely N-dealkylation sites (tertiary alicyclic amines) is 1. The van der Waals surface area contributed by atoms with Crippen LogP contribution in [0.2, 0.25) is 5.02 Å². The van der Waals surface area contributed by atoms with E-state index in [1.165, 1.54) is 17.0 Å². The van der Waals surface area contributed by atoms with Gasteiger partial charge in [0, 0.05) is 18.0 Å². The molecule has 0 bridgehead atoms. The molecule has 8 nitrogen and oxygen atoms in total. The first-order valence-corrected chi connectivity index (χ1v) is 14.2. The molecule has 0 radical (unpaired) electrons. The van der Waals surface area contributed by atoms with Crippen molar-refractivity contribution in [2.75, 3.05) is 24.7 Å². The smallest absolute Gasteiger partial charge is 0.241 e. The second kappa shape index (κ2) is 10.1. The van der Waals surface area contributed by atoms with Gasteiger partial charge in [0.25, 0.3) is 0 Å². The van der Waals surface area contributed by atoms with Crippen molar-refractivity contribution in [2.24, 2.45) is 29.1 Å². The van der Waals surface area contributed by atoms with E-state index in [4.69, 9.17) is 16.3 Å². The zero-order chi connectivity index (χ0) is 29.2. The van der Waals surface area contributed by atoms with E-state index in [0.717, 1.165) is 16.5 Å². The van der Waals surface area contributed by atoms with Gasteiger partial charge in [-0.2, -0.15) is 0 Å². The number of aliphatic hydroxyl groups is 1. The van der Waals surface area contributed by atoms with E-state index < -0.39 is 52.6 Å². The Morgan fingerprint density at radius 1 is 1.07 bits per heavy atom. The van der Waals surface area contributed by atoms with Gasteiger partial charge in [-0.15, -0.1) is 0 Å². The van der Waals surface area contributed by atoms with Gasteiger partial charge in [0.2, 0.25) is 23.6 Å². The Balaban J connectivity index is 1.53. The molecule has 1 saturated carbocycles. The number of hydrogen-bond acceptors (Lipinski definition) is 6. The number of nitrogens with zero attached hydrogens (tertiary/aromatic N) is 2. The summed E-state index contributed by atoms with van der Waals surface area (Å²) < 4.78 is 19.9. The van der Waals surface area contributed by atoms with Gasteiger partial charge in [0.1, 0.15) is 18.2 Å². The van der Waals surface area contributed by atoms with Gasteiger partial charge in [-0.05, 0) is 56.9 Å². The summed E-state index contributed by atoms with van der Waals surface area (Å²) in [6.07, 6.45) is 2.54. The van der Waals surface area contributed by atoms with E-state index in [1.54, 1.807) is 26.0 Å². The summed E-state index contributed by atoms with van der Waals surface area (Å²) in [5.41, 5.74) is 0.392. The topological polar surface area (TPSA) is 104 Å². The third kappa shape index (κ3) is 3.89. The van der Waals surface area contributed by atoms with Gasteiger partial charge in [-0.25, -0.2) is 9.29 Å². The predicted molar refractivity (Wildman–Crippen MR) is 147 cm³/mol. The second-order valence-electron chi connectivity index (χ2n) is 11.3. The fourth-order valence-corrected chi connectivity index (χ4v) is 7.79. The molecule has 2 aliphatic heterocycles. The van der Waals surface area contributed by atoms with Crippen LogP contribution in [0.25, 0.3) is 0 Å². The zero-order valence-electron chi connectivity index (χ0n) is 22.7. The van der Waals surface area contributed by atoms with Crippen LogP contribution in [-0.4, -0.2) is 53.4 Å². The Kier molecular flexibility index (Phi) is 6.77. The molecule has 10 heteroatoms. The summed E-state index contributed by atoms with van der Waals surface area (Å²) in [5.74, 6) is -4.63. The number of ether oxygens (including phenoxy) is 1. The van der Waals surface area contributed by atoms with Gasteiger partial charge >= 0.3 is 0 Å². The number of benzene rings is 2. The number of amides is 4. The minimum atomic E-state index is -1.28. The monoisotopic (exact) mass is 580 g/mol. The fourth-order valence-electron chi connectivity index (χ4n) is 7.61. The molecular formula is C31H30ClFN2O6. The number of rotatable bonds is 6. The molecular weight excluding hydrogens is 551 g/mol. The number of hydrogen-bond donors (Lipinski definition) is 1. The standard InChI is InChI=1S/C31H30ClFN2O6/c1-3-34-27(37)19-10-9-17-20(25(19)29(34)39)15-21-28(38)35(16-8-11-23(33)22(32)14-16)30(40)31(21,2)26(17)18-6-4-5-7-24(18)41-13-12-36/h4-9,11,14,19-21,25-26,36H,3,10,12-13,15H2,1-2H3. The first kappa shape index (κ1) is 27.6. The summed E-state index contributed by atoms with van der Waals surface area (Å²) in [4.78, 5) is 57.7. The van der Waals surface area contributed by atoms with E-state index in [2.05, 4.69) is 0 Å². The molecule has 2 heterocycles. The lowest BCUT2D eigenvalue weighted by Crippen LogP contribution is -2.49. The number of para-hydroxylation sites is 1. The number of carbonyl (C=O) groups is 4. The highest BCUT2D eigenvalue weighted by Crippen LogP contribution is 2.64. The van der Waals surface area contributed by atoms with Crippen molar-refractivity contribution in [2.45, 2.75) is 32.6 Å². The van der Waals surface area contributed by atoms with Crippen LogP contribution in [0.4, 0.5) is 10.1 Å². The molecule has 214 valence electrons. The molecule has 6 atom stereocenters. The number of allylic oxidation sites excluding steroid dienone is 2. The van der Waals surface area contributed by atoms with Crippen LogP contribution >= 0.6 is 11.6 Å². The lowest BCUT2D eigenvalue weighted by molar-refractivity contribution is -0.140. The van der Waals surface area contributed by atoms with Gasteiger partial charge < -0.3 is 9.84 Å². The van der Waals surface area contributed by atoms with E-state index in [1.807, 2.05) is 18.2 Å². The third-order valence-corrected chi connectivity index (χ3v) is 9.71. The Labute approximate surface area is 241 Å². The first-order valence-electron chi connectivity index (χ1n) is 13.9. The molecule has 2 saturated heterocycles. The maximum absolute atomic E-state index is 14.4. The lowest BCUT2D eigenvalue weighted by Gasteiger charge is -2.49. The molecule has 2 aromatic carbocycles. The molecule has 6 unspecified atom stereocenters. The van der Waals surface area contributed by atoms with Gasteiger partial charge in [0.15, 0.2) is 0 Å². The highest BCUT2D eigenvalue weighted by molar-refractivity contribution is 6.31. The number of anilines is 1. The van der Waals surface area contributed by atoms with E-state index in [-0.39, 0.29) is 48.7 Å². The van der Waals surface area contributed by atoms with Crippen LogP contribution < -0.4 is 9.64 Å². The van der Waals surface area contributed by atoms with Crippen LogP contribution in [0.15, 0.2) is 54.1 Å². The number of halogens is 2. The second-order valence-corrected chi connectivity index (χ2v) is 11.7. The largest absolute Gasteiger partial charge is 0.491 e. The van der Waals surface area contributed by atoms with Crippen molar-refractivity contribution in [3.8, 4) is 5.75 Å². The van der Waals surface area contributed by atoms with Crippen molar-refractivity contribution in [1.29, 1.82) is 0 Å². The Bertz CT molecular complexity index is 1510. The molecule has 0 spiro atoms. The molecule has 41 heavy (non-hydrogen) atoms. The molecule has 0 aromatic heterocycles. The van der Waals surface area contributed by atoms with Crippen molar-refractivity contribution in [3.05, 3.63) is 70.5 Å². The average Bonchev–Trinajstić information content (AvgIpc) is 3.32. The summed E-state index contributed by atoms with van der Waals surface area (Å²) in [6, 6.07) is 10.9. The minimum absolute atomic E-state index is 0.0303. The van der Waals surface area contributed by atoms with Gasteiger partial charge in [0.05, 0.1) is 40.5 Å². The molecule has 1 N–H and O–H groups in total. The molecule has 4 amide bonds. The highest BCUT2D eigenvalue weighted by Gasteiger charge is 2.67. The van der Waals surface area contributed by atoms with Crippen LogP contribution in [-0.2, 0) is 19.2 Å². The normalized spacial score (nSPS) is 30.8. The third-order valence-electron chi connectivity index (χ3n) is 9.42. The Morgan fingerprint density at radius 2 is 1.83 bits per heavy atom. The molecule has 2 aromatic rings. The quantitative estimate of drug-likeness (QED) is 0.408. The lowest BCUT2D eigenvalue weighted by atomic mass is 9.51. The number of imide groups is 2. The van der Waals surface area contributed by atoms with Gasteiger partial charge in [-0.3, -0.25) is 24.1 Å². The van der Waals surface area contributed by atoms with Crippen LogP contribution in [0.3, 0.4) is 0 Å². The zero-order valence-corrected chi connectivity index (χ0v) is 23.4. The van der Waals surface area contributed by atoms with E-state index in [9.17, 15) is 28.7 Å². The van der Waals surface area contributed by atoms with Crippen LogP contribution in [0.5, 0.6) is 5.75 Å². The summed E-state index contributed by atoms with van der Waals surface area (Å²) >= 11 is 6.04. The molecule has 6 rings (SSSR count). The van der Waals surface area contributed by atoms with Crippen molar-refractivity contribution < 1.29 is 33.4 Å². The van der Waals surface area contributed by atoms with Gasteiger partial charge in [-0.1, -0.05) is 41.4 Å². The fraction of sp³-hybridized carbons (Fsp3) is 0.419. The predicted octanol–water partition coefficient (Wildman–Crippen LogP) is 4.10. The molecule has 2 aliphatic carbocycles. The maximum Gasteiger partial charge on any atom is 0.241 e. The van der Waals surface area contributed by atoms with Crippen molar-refractivity contribution >= 4 is 40.9 Å². The van der Waals surface area contributed by atoms with Crippen LogP contribution in [0, 0.1) is 34.9 Å². The number of carbonyl (C=O) groups excluding carboxylic acids is 4. The van der Waals surface area contributed by atoms with Crippen LogP contribution in [0.1, 0.15) is 38.2 Å². The summed E-state index contributed by atoms with van der Waals surface area (Å²) in [7, 11) is 0. The maximum atomic E-state index is 14.4. The molecule has 3 fully saturated rings. The Morgan fingerprint density at radius 3 is 2.54 bits per heavy atom. The Hall–Kier alpha value is -3.56. The number of aliphatic hydroxyl groups excluding tert-OH is 1. The highest BCUT2D eigenvalue weighted by atomic mass is 35.5. The average molecular weight is 581 g/mol. The molecule has 4 aliphatic rings. The minimum Gasteiger partial charge on any atom is -0.491 e. The summed E-state index contributed by atoms with van der Waals surface area (Å²) in [5, 5.41) is 9.24. The SMILES string of the molecule is CCN1C(=O)C2CC=C3C(CC4C(=O)N(c5ccc(F)c(Cl)c5)C(=O)C4(C)C3c3ccccc3OCCO)C2C1=O. The summed E-state index contributed by atoms with van der Waals surface area (Å²) in [6.45, 7) is 3.61. The van der Waals surface area contributed by atoms with E-state index >= 15 is 0 Å². The number of fused-ring (bicyclic) bond motifs is 4. The van der Waals surface area contributed by atoms with Crippen molar-refractivity contribution in [1.82, 2.24) is 4.90 Å². The first-order chi connectivity index (χ1) is 19.6. The van der Waals surface area contributed by atoms with E-state index in [0.29, 0.717) is 17.7 Å². The van der Waals surface area contributed by atoms with Crippen molar-refractivity contribution in [3.63, 3.8) is 0 Å².